The van der Waals surface area contributed by atoms with Gasteiger partial charge in [0.2, 0.25) is 10.0 Å². The zero-order valence-electron chi connectivity index (χ0n) is 15.2. The van der Waals surface area contributed by atoms with Crippen LogP contribution in [0.25, 0.3) is 0 Å². The summed E-state index contributed by atoms with van der Waals surface area (Å²) >= 11 is 0. The van der Waals surface area contributed by atoms with Crippen molar-refractivity contribution in [3.63, 3.8) is 0 Å². The van der Waals surface area contributed by atoms with Gasteiger partial charge in [-0.3, -0.25) is 4.98 Å². The van der Waals surface area contributed by atoms with Crippen LogP contribution in [-0.2, 0) is 10.0 Å². The molecule has 27 heavy (non-hydrogen) atoms. The molecule has 8 heteroatoms. The molecule has 0 atom stereocenters. The van der Waals surface area contributed by atoms with E-state index in [9.17, 15) is 18.9 Å². The van der Waals surface area contributed by atoms with Crippen molar-refractivity contribution in [2.24, 2.45) is 0 Å². The second-order valence-electron chi connectivity index (χ2n) is 6.35. The van der Waals surface area contributed by atoms with E-state index in [2.05, 4.69) is 11.1 Å². The Morgan fingerprint density at radius 1 is 1.04 bits per heavy atom. The van der Waals surface area contributed by atoms with Crippen molar-refractivity contribution in [1.29, 1.82) is 10.5 Å². The van der Waals surface area contributed by atoms with Crippen LogP contribution < -0.4 is 4.90 Å². The Hall–Kier alpha value is -2.94. The second kappa shape index (κ2) is 7.36. The highest BCUT2D eigenvalue weighted by atomic mass is 32.2. The fraction of sp³-hybridized carbons (Fsp3) is 0.316. The van der Waals surface area contributed by atoms with Gasteiger partial charge in [-0.1, -0.05) is 12.1 Å². The Morgan fingerprint density at radius 2 is 1.70 bits per heavy atom. The van der Waals surface area contributed by atoms with E-state index in [1.165, 1.54) is 16.4 Å². The van der Waals surface area contributed by atoms with Gasteiger partial charge in [-0.25, -0.2) is 8.42 Å². The van der Waals surface area contributed by atoms with Crippen LogP contribution in [0.1, 0.15) is 22.5 Å². The van der Waals surface area contributed by atoms with Gasteiger partial charge in [0.05, 0.1) is 27.4 Å². The zero-order chi connectivity index (χ0) is 19.6. The molecule has 1 aliphatic heterocycles. The van der Waals surface area contributed by atoms with Crippen molar-refractivity contribution in [1.82, 2.24) is 9.29 Å². The van der Waals surface area contributed by atoms with Gasteiger partial charge in [0, 0.05) is 31.9 Å². The molecule has 1 saturated heterocycles. The van der Waals surface area contributed by atoms with Crippen molar-refractivity contribution in [2.45, 2.75) is 18.7 Å². The van der Waals surface area contributed by atoms with Crippen LogP contribution in [0.15, 0.2) is 35.2 Å². The van der Waals surface area contributed by atoms with E-state index in [1.54, 1.807) is 19.1 Å². The lowest BCUT2D eigenvalue weighted by Crippen LogP contribution is -2.49. The number of rotatable bonds is 3. The molecule has 1 aromatic carbocycles. The summed E-state index contributed by atoms with van der Waals surface area (Å²) in [5, 5.41) is 18.7. The quantitative estimate of drug-likeness (QED) is 0.805. The topological polar surface area (TPSA) is 101 Å². The summed E-state index contributed by atoms with van der Waals surface area (Å²) < 4.78 is 27.3. The molecule has 0 aliphatic carbocycles. The summed E-state index contributed by atoms with van der Waals surface area (Å²) in [6, 6.07) is 12.2. The third-order valence-corrected chi connectivity index (χ3v) is 6.58. The minimum atomic E-state index is -3.74. The molecule has 2 aromatic rings. The highest BCUT2D eigenvalue weighted by Crippen LogP contribution is 2.26. The number of hydrogen-bond acceptors (Lipinski definition) is 6. The highest BCUT2D eigenvalue weighted by Gasteiger charge is 2.31. The number of pyridine rings is 1. The first-order chi connectivity index (χ1) is 12.9. The molecule has 0 unspecified atom stereocenters. The Kier molecular flexibility index (Phi) is 5.13. The number of nitriles is 2. The second-order valence-corrected chi connectivity index (χ2v) is 8.26. The number of hydrogen-bond donors (Lipinski definition) is 0. The average Bonchev–Trinajstić information content (AvgIpc) is 2.67. The van der Waals surface area contributed by atoms with E-state index in [0.29, 0.717) is 24.3 Å². The van der Waals surface area contributed by atoms with Gasteiger partial charge >= 0.3 is 0 Å². The molecule has 2 heterocycles. The lowest BCUT2D eigenvalue weighted by molar-refractivity contribution is 0.384. The molecule has 1 aliphatic rings. The monoisotopic (exact) mass is 381 g/mol. The predicted molar refractivity (Wildman–Crippen MR) is 101 cm³/mol. The van der Waals surface area contributed by atoms with Gasteiger partial charge in [-0.15, -0.1) is 0 Å². The first-order valence-electron chi connectivity index (χ1n) is 8.51. The Labute approximate surface area is 159 Å². The highest BCUT2D eigenvalue weighted by molar-refractivity contribution is 7.89. The standard InChI is InChI=1S/C19H19N5O2S/c1-14-11-18(17(13-21)15(2)22-14)23-7-9-24(10-8-23)27(25,26)19-6-4-3-5-16(19)12-20/h3-6,11H,7-10H2,1-2H3. The lowest BCUT2D eigenvalue weighted by atomic mass is 10.1. The number of piperazine rings is 1. The van der Waals surface area contributed by atoms with Gasteiger partial charge in [-0.2, -0.15) is 14.8 Å². The van der Waals surface area contributed by atoms with E-state index in [-0.39, 0.29) is 23.5 Å². The summed E-state index contributed by atoms with van der Waals surface area (Å²) in [6.45, 7) is 5.17. The third-order valence-electron chi connectivity index (χ3n) is 4.62. The minimum absolute atomic E-state index is 0.0364. The summed E-state index contributed by atoms with van der Waals surface area (Å²) in [6.07, 6.45) is 0. The van der Waals surface area contributed by atoms with E-state index in [4.69, 9.17) is 0 Å². The van der Waals surface area contributed by atoms with Crippen molar-refractivity contribution in [2.75, 3.05) is 31.1 Å². The lowest BCUT2D eigenvalue weighted by Gasteiger charge is -2.36. The SMILES string of the molecule is Cc1cc(N2CCN(S(=O)(=O)c3ccccc3C#N)CC2)c(C#N)c(C)n1. The maximum Gasteiger partial charge on any atom is 0.244 e. The van der Waals surface area contributed by atoms with E-state index in [1.807, 2.05) is 24.0 Å². The Balaban J connectivity index is 1.84. The average molecular weight is 381 g/mol. The van der Waals surface area contributed by atoms with E-state index >= 15 is 0 Å². The van der Waals surface area contributed by atoms with Gasteiger partial charge < -0.3 is 4.90 Å². The molecule has 3 rings (SSSR count). The summed E-state index contributed by atoms with van der Waals surface area (Å²) in [5.74, 6) is 0. The van der Waals surface area contributed by atoms with Crippen molar-refractivity contribution < 1.29 is 8.42 Å². The zero-order valence-corrected chi connectivity index (χ0v) is 16.0. The van der Waals surface area contributed by atoms with Crippen molar-refractivity contribution in [3.8, 4) is 12.1 Å². The fourth-order valence-electron chi connectivity index (χ4n) is 3.29. The number of nitrogens with zero attached hydrogens (tertiary/aromatic N) is 5. The minimum Gasteiger partial charge on any atom is -0.368 e. The molecule has 0 amide bonds. The maximum atomic E-state index is 12.9. The molecule has 0 radical (unpaired) electrons. The third kappa shape index (κ3) is 3.50. The van der Waals surface area contributed by atoms with E-state index in [0.717, 1.165) is 11.4 Å². The fourth-order valence-corrected chi connectivity index (χ4v) is 4.85. The molecule has 138 valence electrons. The smallest absolute Gasteiger partial charge is 0.244 e. The number of sulfonamides is 1. The molecular weight excluding hydrogens is 362 g/mol. The normalized spacial score (nSPS) is 15.2. The molecule has 0 bridgehead atoms. The molecule has 0 N–H and O–H groups in total. The van der Waals surface area contributed by atoms with Crippen LogP contribution in [-0.4, -0.2) is 43.9 Å². The van der Waals surface area contributed by atoms with Crippen LogP contribution in [0.4, 0.5) is 5.69 Å². The summed E-state index contributed by atoms with van der Waals surface area (Å²) in [4.78, 5) is 6.38. The van der Waals surface area contributed by atoms with Crippen LogP contribution >= 0.6 is 0 Å². The number of anilines is 1. The predicted octanol–water partition coefficient (Wildman–Crippen LogP) is 1.95. The van der Waals surface area contributed by atoms with Gasteiger partial charge in [0.1, 0.15) is 12.1 Å². The van der Waals surface area contributed by atoms with Crippen LogP contribution in [0.3, 0.4) is 0 Å². The van der Waals surface area contributed by atoms with Crippen LogP contribution in [0.2, 0.25) is 0 Å². The molecule has 1 aromatic heterocycles. The molecule has 0 spiro atoms. The van der Waals surface area contributed by atoms with Crippen LogP contribution in [0.5, 0.6) is 0 Å². The summed E-state index contributed by atoms with van der Waals surface area (Å²) in [7, 11) is -3.74. The van der Waals surface area contributed by atoms with Gasteiger partial charge in [0.15, 0.2) is 0 Å². The first kappa shape index (κ1) is 18.8. The Morgan fingerprint density at radius 3 is 2.33 bits per heavy atom. The maximum absolute atomic E-state index is 12.9. The largest absolute Gasteiger partial charge is 0.368 e. The van der Waals surface area contributed by atoms with Crippen molar-refractivity contribution in [3.05, 3.63) is 52.8 Å². The molecule has 7 nitrogen and oxygen atoms in total. The number of aryl methyl sites for hydroxylation is 2. The summed E-state index contributed by atoms with van der Waals surface area (Å²) in [5.41, 5.74) is 2.95. The number of aromatic nitrogens is 1. The molecule has 0 saturated carbocycles. The number of benzene rings is 1. The van der Waals surface area contributed by atoms with Crippen LogP contribution in [0, 0.1) is 36.5 Å². The first-order valence-corrected chi connectivity index (χ1v) is 9.95. The Bertz CT molecular complexity index is 1060. The van der Waals surface area contributed by atoms with Gasteiger partial charge in [0.25, 0.3) is 0 Å². The van der Waals surface area contributed by atoms with E-state index < -0.39 is 10.0 Å². The van der Waals surface area contributed by atoms with Crippen molar-refractivity contribution >= 4 is 15.7 Å². The molecule has 1 fully saturated rings. The van der Waals surface area contributed by atoms with Gasteiger partial charge in [-0.05, 0) is 32.0 Å². The molecular formula is C19H19N5O2S.